The average molecular weight is 470 g/mol. The molecule has 5 aromatic rings. The maximum absolute atomic E-state index is 13.9. The number of halogens is 1. The average Bonchev–Trinajstić information content (AvgIpc) is 3.10. The van der Waals surface area contributed by atoms with E-state index in [1.165, 1.54) is 0 Å². The van der Waals surface area contributed by atoms with E-state index in [4.69, 9.17) is 25.2 Å². The summed E-state index contributed by atoms with van der Waals surface area (Å²) in [6, 6.07) is 18.5. The van der Waals surface area contributed by atoms with Crippen molar-refractivity contribution in [3.8, 4) is 11.5 Å². The van der Waals surface area contributed by atoms with Crippen molar-refractivity contribution < 1.29 is 18.4 Å². The maximum atomic E-state index is 13.9. The second-order valence-electron chi connectivity index (χ2n) is 8.18. The van der Waals surface area contributed by atoms with Gasteiger partial charge in [-0.3, -0.25) is 4.79 Å². The molecule has 1 spiro atoms. The highest BCUT2D eigenvalue weighted by molar-refractivity contribution is 6.31. The van der Waals surface area contributed by atoms with E-state index in [2.05, 4.69) is 5.32 Å². The third-order valence-corrected chi connectivity index (χ3v) is 6.69. The van der Waals surface area contributed by atoms with Gasteiger partial charge in [0.1, 0.15) is 27.7 Å². The molecular weight excluding hydrogens is 458 g/mol. The zero-order valence-electron chi connectivity index (χ0n) is 17.2. The lowest BCUT2D eigenvalue weighted by Gasteiger charge is -2.34. The quantitative estimate of drug-likeness (QED) is 0.322. The van der Waals surface area contributed by atoms with E-state index in [-0.39, 0.29) is 22.6 Å². The Bertz CT molecular complexity index is 1750. The first-order valence-corrected chi connectivity index (χ1v) is 10.8. The van der Waals surface area contributed by atoms with Crippen LogP contribution in [0.15, 0.2) is 85.2 Å². The van der Waals surface area contributed by atoms with E-state index in [9.17, 15) is 14.4 Å². The summed E-state index contributed by atoms with van der Waals surface area (Å²) in [6.07, 6.45) is 0. The van der Waals surface area contributed by atoms with Crippen molar-refractivity contribution in [1.82, 2.24) is 0 Å². The van der Waals surface area contributed by atoms with Gasteiger partial charge < -0.3 is 18.9 Å². The van der Waals surface area contributed by atoms with Gasteiger partial charge in [0, 0.05) is 16.3 Å². The van der Waals surface area contributed by atoms with Crippen molar-refractivity contribution in [2.45, 2.75) is 5.41 Å². The molecule has 0 unspecified atom stereocenters. The number of hydrogen-bond acceptors (Lipinski definition) is 6. The van der Waals surface area contributed by atoms with Gasteiger partial charge in [0.15, 0.2) is 11.5 Å². The van der Waals surface area contributed by atoms with Gasteiger partial charge >= 0.3 is 11.3 Å². The van der Waals surface area contributed by atoms with Crippen molar-refractivity contribution in [3.05, 3.63) is 109 Å². The molecule has 3 aromatic carbocycles. The van der Waals surface area contributed by atoms with Gasteiger partial charge in [-0.05, 0) is 42.5 Å². The van der Waals surface area contributed by atoms with Gasteiger partial charge in [-0.1, -0.05) is 35.9 Å². The van der Waals surface area contributed by atoms with Crippen LogP contribution < -0.4 is 21.3 Å². The van der Waals surface area contributed by atoms with Crippen LogP contribution in [0.2, 0.25) is 5.02 Å². The fourth-order valence-corrected chi connectivity index (χ4v) is 5.27. The largest absolute Gasteiger partial charge is 0.455 e. The summed E-state index contributed by atoms with van der Waals surface area (Å²) in [5.74, 6) is -0.295. The monoisotopic (exact) mass is 469 g/mol. The fourth-order valence-electron chi connectivity index (χ4n) is 5.10. The SMILES string of the molecule is O=C1Nc2ccc(Cl)cc2C12c1c(c3ccccc3oc1=O)Oc1c2c(=O)oc2ccccc12. The Morgan fingerprint density at radius 3 is 1.88 bits per heavy atom. The first-order valence-electron chi connectivity index (χ1n) is 10.4. The van der Waals surface area contributed by atoms with Crippen molar-refractivity contribution in [1.29, 1.82) is 0 Å². The Morgan fingerprint density at radius 2 is 1.29 bits per heavy atom. The molecule has 0 saturated heterocycles. The number of benzene rings is 3. The van der Waals surface area contributed by atoms with Crippen molar-refractivity contribution in [2.75, 3.05) is 5.32 Å². The molecule has 0 bridgehead atoms. The number of carbonyl (C=O) groups is 1. The summed E-state index contributed by atoms with van der Waals surface area (Å²) in [6.45, 7) is 0. The number of nitrogens with one attached hydrogen (secondary N) is 1. The normalized spacial score (nSPS) is 15.0. The summed E-state index contributed by atoms with van der Waals surface area (Å²) in [4.78, 5) is 40.8. The van der Waals surface area contributed by atoms with E-state index in [1.807, 2.05) is 0 Å². The van der Waals surface area contributed by atoms with Crippen LogP contribution in [0.5, 0.6) is 11.5 Å². The molecule has 4 heterocycles. The fraction of sp³-hybridized carbons (Fsp3) is 0.0385. The smallest absolute Gasteiger partial charge is 0.345 e. The lowest BCUT2D eigenvalue weighted by atomic mass is 9.69. The molecule has 0 atom stereocenters. The van der Waals surface area contributed by atoms with Gasteiger partial charge in [-0.15, -0.1) is 0 Å². The maximum Gasteiger partial charge on any atom is 0.345 e. The Hall–Kier alpha value is -4.36. The molecule has 7 rings (SSSR count). The lowest BCUT2D eigenvalue weighted by Crippen LogP contribution is -2.46. The molecular formula is C26H12ClNO6. The predicted molar refractivity (Wildman–Crippen MR) is 125 cm³/mol. The third-order valence-electron chi connectivity index (χ3n) is 6.46. The Morgan fingerprint density at radius 1 is 0.735 bits per heavy atom. The molecule has 0 saturated carbocycles. The van der Waals surface area contributed by atoms with Gasteiger partial charge in [-0.2, -0.15) is 0 Å². The predicted octanol–water partition coefficient (Wildman–Crippen LogP) is 4.95. The number of hydrogen-bond donors (Lipinski definition) is 1. The molecule has 34 heavy (non-hydrogen) atoms. The van der Waals surface area contributed by atoms with E-state index >= 15 is 0 Å². The highest BCUT2D eigenvalue weighted by atomic mass is 35.5. The van der Waals surface area contributed by atoms with Gasteiger partial charge in [0.25, 0.3) is 0 Å². The Labute approximate surface area is 195 Å². The van der Waals surface area contributed by atoms with Crippen molar-refractivity contribution >= 4 is 45.1 Å². The Balaban J connectivity index is 1.77. The Kier molecular flexibility index (Phi) is 3.58. The highest BCUT2D eigenvalue weighted by Gasteiger charge is 2.59. The molecule has 2 aliphatic heterocycles. The van der Waals surface area contributed by atoms with Crippen molar-refractivity contribution in [2.24, 2.45) is 0 Å². The molecule has 8 heteroatoms. The molecule has 7 nitrogen and oxygen atoms in total. The zero-order chi connectivity index (χ0) is 23.2. The topological polar surface area (TPSA) is 98.8 Å². The zero-order valence-corrected chi connectivity index (χ0v) is 17.9. The van der Waals surface area contributed by atoms with E-state index in [1.54, 1.807) is 66.7 Å². The van der Waals surface area contributed by atoms with Gasteiger partial charge in [0.05, 0.1) is 10.8 Å². The second-order valence-corrected chi connectivity index (χ2v) is 8.61. The number of amides is 1. The van der Waals surface area contributed by atoms with E-state index in [0.29, 0.717) is 38.2 Å². The number of para-hydroxylation sites is 2. The third kappa shape index (κ3) is 2.19. The first kappa shape index (κ1) is 19.1. The van der Waals surface area contributed by atoms with Crippen LogP contribution in [0.1, 0.15) is 16.7 Å². The molecule has 0 aliphatic carbocycles. The number of carbonyl (C=O) groups excluding carboxylic acids is 1. The van der Waals surface area contributed by atoms with Gasteiger partial charge in [0.2, 0.25) is 5.91 Å². The summed E-state index contributed by atoms with van der Waals surface area (Å²) < 4.78 is 17.5. The molecule has 1 amide bonds. The summed E-state index contributed by atoms with van der Waals surface area (Å²) in [5.41, 5.74) is -2.31. The minimum absolute atomic E-state index is 0.0974. The van der Waals surface area contributed by atoms with Crippen LogP contribution in [0, 0.1) is 0 Å². The minimum Gasteiger partial charge on any atom is -0.455 e. The minimum atomic E-state index is -1.88. The van der Waals surface area contributed by atoms with Crippen LogP contribution in [-0.4, -0.2) is 5.91 Å². The number of ether oxygens (including phenoxy) is 1. The van der Waals surface area contributed by atoms with E-state index < -0.39 is 22.6 Å². The number of fused-ring (bicyclic) bond motifs is 10. The van der Waals surface area contributed by atoms with Crippen LogP contribution in [-0.2, 0) is 10.2 Å². The molecule has 1 N–H and O–H groups in total. The molecule has 0 radical (unpaired) electrons. The molecule has 2 aliphatic rings. The molecule has 164 valence electrons. The summed E-state index contributed by atoms with van der Waals surface area (Å²) in [5, 5.41) is 4.11. The van der Waals surface area contributed by atoms with Gasteiger partial charge in [-0.25, -0.2) is 9.59 Å². The molecule has 0 fully saturated rings. The van der Waals surface area contributed by atoms with Crippen molar-refractivity contribution in [3.63, 3.8) is 0 Å². The van der Waals surface area contributed by atoms with E-state index in [0.717, 1.165) is 0 Å². The van der Waals surface area contributed by atoms with Crippen LogP contribution >= 0.6 is 11.6 Å². The summed E-state index contributed by atoms with van der Waals surface area (Å²) >= 11 is 6.32. The lowest BCUT2D eigenvalue weighted by molar-refractivity contribution is -0.118. The first-order chi connectivity index (χ1) is 16.5. The number of rotatable bonds is 0. The second kappa shape index (κ2) is 6.36. The van der Waals surface area contributed by atoms with Crippen LogP contribution in [0.4, 0.5) is 5.69 Å². The summed E-state index contributed by atoms with van der Waals surface area (Å²) in [7, 11) is 0. The highest BCUT2D eigenvalue weighted by Crippen LogP contribution is 2.57. The van der Waals surface area contributed by atoms with Crippen LogP contribution in [0.3, 0.4) is 0 Å². The number of anilines is 1. The van der Waals surface area contributed by atoms with Crippen LogP contribution in [0.25, 0.3) is 21.9 Å². The standard InChI is InChI=1S/C26H12ClNO6/c27-12-9-10-16-15(11-12)26(25(31)28-16)19-21(13-5-1-3-7-17(13)32-23(19)29)34-22-14-6-2-4-8-18(14)33-24(30)20(22)26/h1-11H,(H,28,31). The molecule has 2 aromatic heterocycles.